The predicted molar refractivity (Wildman–Crippen MR) is 326 cm³/mol. The van der Waals surface area contributed by atoms with Gasteiger partial charge in [0.25, 0.3) is 0 Å². The Morgan fingerprint density at radius 1 is 0.253 bits per heavy atom. The molecule has 75 heavy (non-hydrogen) atoms. The molecule has 0 aliphatic heterocycles. The lowest BCUT2D eigenvalue weighted by atomic mass is 10.0. The summed E-state index contributed by atoms with van der Waals surface area (Å²) in [7, 11) is 0. The Hall–Kier alpha value is -1.59. The van der Waals surface area contributed by atoms with Crippen LogP contribution in [-0.2, 0) is 28.6 Å². The van der Waals surface area contributed by atoms with Gasteiger partial charge in [-0.15, -0.1) is 0 Å². The maximum atomic E-state index is 12.9. The molecule has 6 heteroatoms. The van der Waals surface area contributed by atoms with Crippen LogP contribution in [0, 0.1) is 11.8 Å². The fourth-order valence-corrected chi connectivity index (χ4v) is 10.8. The molecule has 0 saturated heterocycles. The summed E-state index contributed by atoms with van der Waals surface area (Å²) in [4.78, 5) is 38.4. The van der Waals surface area contributed by atoms with Crippen LogP contribution in [0.25, 0.3) is 0 Å². The number of ether oxygens (including phenoxy) is 3. The second kappa shape index (κ2) is 61.6. The maximum absolute atomic E-state index is 12.9. The minimum absolute atomic E-state index is 0.0612. The minimum atomic E-state index is -0.764. The Kier molecular flexibility index (Phi) is 60.3. The molecule has 0 heterocycles. The van der Waals surface area contributed by atoms with E-state index < -0.39 is 6.10 Å². The first kappa shape index (κ1) is 73.4. The average molecular weight is 1060 g/mol. The van der Waals surface area contributed by atoms with E-state index in [0.29, 0.717) is 19.3 Å². The fraction of sp³-hybridized carbons (Fsp3) is 0.957. The number of unbranched alkanes of at least 4 members (excludes halogenated alkanes) is 48. The van der Waals surface area contributed by atoms with Gasteiger partial charge in [0, 0.05) is 19.3 Å². The van der Waals surface area contributed by atoms with Gasteiger partial charge < -0.3 is 14.2 Å². The van der Waals surface area contributed by atoms with Gasteiger partial charge in [-0.05, 0) is 31.1 Å². The number of rotatable bonds is 63. The number of esters is 3. The number of carbonyl (C=O) groups is 3. The molecule has 0 aromatic heterocycles. The molecule has 0 saturated carbocycles. The van der Waals surface area contributed by atoms with Gasteiger partial charge >= 0.3 is 17.9 Å². The lowest BCUT2D eigenvalue weighted by Gasteiger charge is -2.18. The molecule has 6 nitrogen and oxygen atoms in total. The fourth-order valence-electron chi connectivity index (χ4n) is 10.8. The summed E-state index contributed by atoms with van der Waals surface area (Å²) in [5.74, 6) is 0.886. The van der Waals surface area contributed by atoms with Crippen molar-refractivity contribution in [3.05, 3.63) is 0 Å². The molecule has 1 atom stereocenters. The SMILES string of the molecule is CCCCCCCCCCCCCCCCCCCC(=O)OC[C@@H](COC(=O)CCCCCCCCCCCCCCCCCCC(C)C)OC(=O)CCCCCCCCCCCCCCCCCCCCC(C)C. The zero-order valence-electron chi connectivity index (χ0n) is 51.7. The van der Waals surface area contributed by atoms with Crippen LogP contribution in [0.5, 0.6) is 0 Å². The normalized spacial score (nSPS) is 12.0. The second-order valence-corrected chi connectivity index (χ2v) is 24.8. The molecule has 0 radical (unpaired) electrons. The molecule has 0 spiro atoms. The average Bonchev–Trinajstić information content (AvgIpc) is 3.39. The van der Waals surface area contributed by atoms with Crippen LogP contribution >= 0.6 is 0 Å². The van der Waals surface area contributed by atoms with Gasteiger partial charge in [0.15, 0.2) is 6.10 Å². The van der Waals surface area contributed by atoms with E-state index in [1.807, 2.05) is 0 Å². The van der Waals surface area contributed by atoms with Crippen molar-refractivity contribution >= 4 is 17.9 Å². The minimum Gasteiger partial charge on any atom is -0.462 e. The molecular weight excluding hydrogens is 925 g/mol. The van der Waals surface area contributed by atoms with Gasteiger partial charge in [0.1, 0.15) is 13.2 Å². The predicted octanol–water partition coefficient (Wildman–Crippen LogP) is 23.2. The Bertz CT molecular complexity index is 1150. The highest BCUT2D eigenvalue weighted by molar-refractivity contribution is 5.71. The standard InChI is InChI=1S/C69H134O6/c1-6-7-8-9-10-11-12-13-14-17-24-29-34-39-44-49-54-59-67(70)73-62-66(63-74-68(71)60-55-50-45-40-35-30-25-21-20-23-28-33-38-43-48-53-58-65(4)5)75-69(72)61-56-51-46-41-36-31-26-19-16-15-18-22-27-32-37-42-47-52-57-64(2)3/h64-66H,6-63H2,1-5H3/t66-/m0/s1. The third kappa shape index (κ3) is 63.1. The first-order valence-corrected chi connectivity index (χ1v) is 34.2. The first-order chi connectivity index (χ1) is 36.7. The monoisotopic (exact) mass is 1060 g/mol. The molecule has 0 amide bonds. The zero-order chi connectivity index (χ0) is 54.6. The Balaban J connectivity index is 4.28. The van der Waals surface area contributed by atoms with Crippen LogP contribution in [0.1, 0.15) is 394 Å². The first-order valence-electron chi connectivity index (χ1n) is 34.2. The number of carbonyl (C=O) groups excluding carboxylic acids is 3. The highest BCUT2D eigenvalue weighted by Crippen LogP contribution is 2.20. The molecule has 0 aromatic rings. The Morgan fingerprint density at radius 2 is 0.440 bits per heavy atom. The van der Waals surface area contributed by atoms with Gasteiger partial charge in [0.2, 0.25) is 0 Å². The van der Waals surface area contributed by atoms with Crippen LogP contribution in [0.2, 0.25) is 0 Å². The second-order valence-electron chi connectivity index (χ2n) is 24.8. The summed E-state index contributed by atoms with van der Waals surface area (Å²) in [5.41, 5.74) is 0. The van der Waals surface area contributed by atoms with Crippen LogP contribution in [0.4, 0.5) is 0 Å². The molecule has 0 unspecified atom stereocenters. The van der Waals surface area contributed by atoms with Gasteiger partial charge in [-0.25, -0.2) is 0 Å². The van der Waals surface area contributed by atoms with E-state index in [9.17, 15) is 14.4 Å². The van der Waals surface area contributed by atoms with E-state index in [4.69, 9.17) is 14.2 Å². The zero-order valence-corrected chi connectivity index (χ0v) is 51.7. The maximum Gasteiger partial charge on any atom is 0.306 e. The molecule has 0 rings (SSSR count). The summed E-state index contributed by atoms with van der Waals surface area (Å²) in [6.45, 7) is 11.5. The Labute approximate surface area is 469 Å². The van der Waals surface area contributed by atoms with E-state index in [1.54, 1.807) is 0 Å². The Morgan fingerprint density at radius 3 is 0.653 bits per heavy atom. The van der Waals surface area contributed by atoms with E-state index in [0.717, 1.165) is 69.6 Å². The van der Waals surface area contributed by atoms with Crippen molar-refractivity contribution in [2.45, 2.75) is 400 Å². The summed E-state index contributed by atoms with van der Waals surface area (Å²) in [6, 6.07) is 0. The third-order valence-corrected chi connectivity index (χ3v) is 16.0. The van der Waals surface area contributed by atoms with Crippen molar-refractivity contribution in [3.63, 3.8) is 0 Å². The summed E-state index contributed by atoms with van der Waals surface area (Å²) in [5, 5.41) is 0. The molecule has 0 fully saturated rings. The van der Waals surface area contributed by atoms with Crippen molar-refractivity contribution in [1.82, 2.24) is 0 Å². The molecule has 0 N–H and O–H groups in total. The van der Waals surface area contributed by atoms with E-state index in [-0.39, 0.29) is 31.1 Å². The lowest BCUT2D eigenvalue weighted by Crippen LogP contribution is -2.30. The summed E-state index contributed by atoms with van der Waals surface area (Å²) in [6.07, 6.45) is 69.7. The highest BCUT2D eigenvalue weighted by Gasteiger charge is 2.20. The van der Waals surface area contributed by atoms with E-state index >= 15 is 0 Å². The topological polar surface area (TPSA) is 78.9 Å². The van der Waals surface area contributed by atoms with Crippen molar-refractivity contribution in [3.8, 4) is 0 Å². The van der Waals surface area contributed by atoms with Crippen molar-refractivity contribution in [2.75, 3.05) is 13.2 Å². The molecule has 0 aliphatic carbocycles. The molecular formula is C69H134O6. The third-order valence-electron chi connectivity index (χ3n) is 16.0. The van der Waals surface area contributed by atoms with Crippen LogP contribution in [0.3, 0.4) is 0 Å². The van der Waals surface area contributed by atoms with Gasteiger partial charge in [-0.2, -0.15) is 0 Å². The molecule has 0 aromatic carbocycles. The molecule has 0 aliphatic rings. The number of hydrogen-bond donors (Lipinski definition) is 0. The van der Waals surface area contributed by atoms with Gasteiger partial charge in [-0.3, -0.25) is 14.4 Å². The van der Waals surface area contributed by atoms with Gasteiger partial charge in [-0.1, -0.05) is 356 Å². The van der Waals surface area contributed by atoms with Crippen molar-refractivity contribution in [2.24, 2.45) is 11.8 Å². The van der Waals surface area contributed by atoms with Crippen LogP contribution in [-0.4, -0.2) is 37.2 Å². The highest BCUT2D eigenvalue weighted by atomic mass is 16.6. The van der Waals surface area contributed by atoms with Crippen LogP contribution < -0.4 is 0 Å². The summed E-state index contributed by atoms with van der Waals surface area (Å²) >= 11 is 0. The van der Waals surface area contributed by atoms with E-state index in [1.165, 1.54) is 283 Å². The van der Waals surface area contributed by atoms with Crippen molar-refractivity contribution < 1.29 is 28.6 Å². The van der Waals surface area contributed by atoms with Gasteiger partial charge in [0.05, 0.1) is 0 Å². The number of hydrogen-bond acceptors (Lipinski definition) is 6. The van der Waals surface area contributed by atoms with Crippen LogP contribution in [0.15, 0.2) is 0 Å². The summed E-state index contributed by atoms with van der Waals surface area (Å²) < 4.78 is 17.0. The largest absolute Gasteiger partial charge is 0.462 e. The molecule has 0 bridgehead atoms. The lowest BCUT2D eigenvalue weighted by molar-refractivity contribution is -0.167. The smallest absolute Gasteiger partial charge is 0.306 e. The quantitative estimate of drug-likeness (QED) is 0.0343. The molecule has 446 valence electrons. The van der Waals surface area contributed by atoms with Crippen molar-refractivity contribution in [1.29, 1.82) is 0 Å². The van der Waals surface area contributed by atoms with E-state index in [2.05, 4.69) is 34.6 Å².